The quantitative estimate of drug-likeness (QED) is 0.655. The lowest BCUT2D eigenvalue weighted by Crippen LogP contribution is -2.15. The maximum absolute atomic E-state index is 10.8. The summed E-state index contributed by atoms with van der Waals surface area (Å²) in [6.45, 7) is 0. The molecule has 1 radical (unpaired) electrons. The first kappa shape index (κ1) is 12.0. The molecule has 1 heterocycles. The minimum absolute atomic E-state index is 0.0866. The fourth-order valence-corrected chi connectivity index (χ4v) is 2.36. The Labute approximate surface area is 104 Å². The number of hydrogen-bond acceptors (Lipinski definition) is 6. The Kier molecular flexibility index (Phi) is 4.08. The number of anilines is 1. The number of hydrogen-bond donors (Lipinski definition) is 1. The third-order valence-electron chi connectivity index (χ3n) is 2.71. The van der Waals surface area contributed by atoms with E-state index in [2.05, 4.69) is 10.1 Å². The van der Waals surface area contributed by atoms with E-state index in [0.29, 0.717) is 10.8 Å². The molecule has 0 aromatic carbocycles. The Bertz CT molecular complexity index is 411. The molecule has 6 heteroatoms. The molecule has 0 bridgehead atoms. The fourth-order valence-electron chi connectivity index (χ4n) is 1.81. The Morgan fingerprint density at radius 1 is 1.53 bits per heavy atom. The second-order valence-corrected chi connectivity index (χ2v) is 4.87. The van der Waals surface area contributed by atoms with E-state index in [0.717, 1.165) is 25.7 Å². The molecule has 1 aliphatic rings. The van der Waals surface area contributed by atoms with E-state index in [1.54, 1.807) is 11.7 Å². The zero-order valence-electron chi connectivity index (χ0n) is 9.39. The van der Waals surface area contributed by atoms with Gasteiger partial charge in [0.25, 0.3) is 6.29 Å². The van der Waals surface area contributed by atoms with Crippen LogP contribution in [0.5, 0.6) is 0 Å². The van der Waals surface area contributed by atoms with Gasteiger partial charge in [-0.1, -0.05) is 11.6 Å². The van der Waals surface area contributed by atoms with E-state index in [4.69, 9.17) is 10.6 Å². The molecular formula is C11H14N3O2S. The van der Waals surface area contributed by atoms with Gasteiger partial charge < -0.3 is 10.6 Å². The minimum Gasteiger partial charge on any atom is -0.392 e. The zero-order valence-corrected chi connectivity index (χ0v) is 10.2. The molecule has 0 spiro atoms. The predicted molar refractivity (Wildman–Crippen MR) is 66.7 cm³/mol. The average Bonchev–Trinajstić information content (AvgIpc) is 2.78. The lowest BCUT2D eigenvalue weighted by molar-refractivity contribution is 0.0334. The highest BCUT2D eigenvalue weighted by molar-refractivity contribution is 7.13. The van der Waals surface area contributed by atoms with Crippen LogP contribution in [0, 0.1) is 0 Å². The van der Waals surface area contributed by atoms with Gasteiger partial charge in [-0.05, 0) is 25.7 Å². The number of oxime groups is 1. The van der Waals surface area contributed by atoms with Crippen LogP contribution in [0.3, 0.4) is 0 Å². The van der Waals surface area contributed by atoms with Crippen molar-refractivity contribution in [1.82, 2.24) is 4.98 Å². The van der Waals surface area contributed by atoms with Crippen LogP contribution in [-0.2, 0) is 9.63 Å². The molecular weight excluding hydrogens is 238 g/mol. The molecule has 17 heavy (non-hydrogen) atoms. The topological polar surface area (TPSA) is 77.6 Å². The van der Waals surface area contributed by atoms with Gasteiger partial charge in [-0.15, -0.1) is 11.3 Å². The van der Waals surface area contributed by atoms with Crippen molar-refractivity contribution in [3.8, 4) is 0 Å². The molecule has 1 fully saturated rings. The normalized spacial score (nSPS) is 18.0. The molecule has 0 aliphatic heterocycles. The van der Waals surface area contributed by atoms with Crippen molar-refractivity contribution >= 4 is 28.5 Å². The van der Waals surface area contributed by atoms with Gasteiger partial charge in [-0.3, -0.25) is 4.79 Å². The second-order valence-electron chi connectivity index (χ2n) is 3.98. The van der Waals surface area contributed by atoms with Crippen molar-refractivity contribution in [3.63, 3.8) is 0 Å². The van der Waals surface area contributed by atoms with E-state index in [1.807, 2.05) is 0 Å². The monoisotopic (exact) mass is 252 g/mol. The minimum atomic E-state index is 0.0866. The van der Waals surface area contributed by atoms with Gasteiger partial charge in [-0.25, -0.2) is 4.98 Å². The third-order valence-corrected chi connectivity index (χ3v) is 3.38. The summed E-state index contributed by atoms with van der Waals surface area (Å²) in [6, 6.07) is 0. The van der Waals surface area contributed by atoms with Crippen LogP contribution in [0.1, 0.15) is 37.8 Å². The molecule has 0 amide bonds. The van der Waals surface area contributed by atoms with Crippen molar-refractivity contribution in [1.29, 1.82) is 0 Å². The van der Waals surface area contributed by atoms with Gasteiger partial charge in [0.05, 0.1) is 0 Å². The average molecular weight is 252 g/mol. The maximum Gasteiger partial charge on any atom is 0.259 e. The van der Waals surface area contributed by atoms with Crippen LogP contribution in [-0.4, -0.2) is 23.1 Å². The second kappa shape index (κ2) is 5.77. The highest BCUT2D eigenvalue weighted by Crippen LogP contribution is 2.20. The summed E-state index contributed by atoms with van der Waals surface area (Å²) in [4.78, 5) is 20.1. The van der Waals surface area contributed by atoms with Gasteiger partial charge in [0.2, 0.25) is 0 Å². The van der Waals surface area contributed by atoms with Gasteiger partial charge in [0.1, 0.15) is 11.8 Å². The van der Waals surface area contributed by atoms with E-state index >= 15 is 0 Å². The van der Waals surface area contributed by atoms with Crippen molar-refractivity contribution in [2.45, 2.75) is 38.2 Å². The molecule has 2 N–H and O–H groups in total. The first-order chi connectivity index (χ1) is 8.29. The molecule has 1 aliphatic carbocycles. The summed E-state index contributed by atoms with van der Waals surface area (Å²) in [6.07, 6.45) is 7.40. The summed E-state index contributed by atoms with van der Waals surface area (Å²) in [5.41, 5.74) is 6.01. The lowest BCUT2D eigenvalue weighted by atomic mass is 9.98. The molecule has 0 saturated heterocycles. The maximum atomic E-state index is 10.8. The van der Waals surface area contributed by atoms with Gasteiger partial charge in [0, 0.05) is 5.38 Å². The molecule has 5 nitrogen and oxygen atoms in total. The number of rotatable bonds is 4. The van der Waals surface area contributed by atoms with E-state index < -0.39 is 0 Å². The van der Waals surface area contributed by atoms with Crippen molar-refractivity contribution in [2.75, 3.05) is 5.73 Å². The summed E-state index contributed by atoms with van der Waals surface area (Å²) in [5, 5.41) is 5.90. The Morgan fingerprint density at radius 3 is 2.88 bits per heavy atom. The number of carbonyl (C=O) groups excluding carboxylic acids is 1. The van der Waals surface area contributed by atoms with E-state index in [1.165, 1.54) is 17.8 Å². The lowest BCUT2D eigenvalue weighted by Gasteiger charge is -2.19. The number of nitrogen functional groups attached to an aromatic ring is 1. The summed E-state index contributed by atoms with van der Waals surface area (Å²) in [5.74, 6) is 0. The molecule has 91 valence electrons. The first-order valence-electron chi connectivity index (χ1n) is 5.63. The number of thiazole rings is 1. The van der Waals surface area contributed by atoms with Gasteiger partial charge in [0.15, 0.2) is 10.8 Å². The molecule has 1 aromatic rings. The van der Waals surface area contributed by atoms with Gasteiger partial charge >= 0.3 is 0 Å². The van der Waals surface area contributed by atoms with Crippen LogP contribution >= 0.6 is 11.3 Å². The number of nitrogens with zero attached hydrogens (tertiary/aromatic N) is 2. The Balaban J connectivity index is 1.99. The largest absolute Gasteiger partial charge is 0.392 e. The number of aromatic nitrogens is 1. The molecule has 1 saturated carbocycles. The van der Waals surface area contributed by atoms with Crippen LogP contribution in [0.25, 0.3) is 0 Å². The first-order valence-corrected chi connectivity index (χ1v) is 6.51. The number of nitrogens with two attached hydrogens (primary N) is 1. The van der Waals surface area contributed by atoms with Crippen molar-refractivity contribution < 1.29 is 9.63 Å². The van der Waals surface area contributed by atoms with E-state index in [9.17, 15) is 4.79 Å². The molecule has 1 aromatic heterocycles. The van der Waals surface area contributed by atoms with Crippen LogP contribution in [0.15, 0.2) is 10.5 Å². The van der Waals surface area contributed by atoms with Gasteiger partial charge in [-0.2, -0.15) is 0 Å². The molecule has 2 rings (SSSR count). The Morgan fingerprint density at radius 2 is 2.29 bits per heavy atom. The molecule has 0 atom stereocenters. The smallest absolute Gasteiger partial charge is 0.259 e. The third kappa shape index (κ3) is 3.26. The highest BCUT2D eigenvalue weighted by atomic mass is 32.1. The summed E-state index contributed by atoms with van der Waals surface area (Å²) in [7, 11) is 0. The SMILES string of the molecule is Nc1nc(/C([C]=O)=N/OC2CCCCC2)cs1. The fraction of sp³-hybridized carbons (Fsp3) is 0.545. The van der Waals surface area contributed by atoms with Crippen LogP contribution in [0.2, 0.25) is 0 Å². The standard InChI is InChI=1S/C11H14N3O2S/c12-11-13-10(7-17-11)9(6-15)14-16-8-4-2-1-3-5-8/h7-8H,1-5H2,(H2,12,13)/b14-9+. The predicted octanol–water partition coefficient (Wildman–Crippen LogP) is 1.89. The van der Waals surface area contributed by atoms with E-state index in [-0.39, 0.29) is 11.8 Å². The Hall–Kier alpha value is -1.43. The zero-order chi connectivity index (χ0) is 12.1. The van der Waals surface area contributed by atoms with Crippen molar-refractivity contribution in [3.05, 3.63) is 11.1 Å². The van der Waals surface area contributed by atoms with Crippen molar-refractivity contribution in [2.24, 2.45) is 5.16 Å². The van der Waals surface area contributed by atoms with Crippen LogP contribution in [0.4, 0.5) is 5.13 Å². The summed E-state index contributed by atoms with van der Waals surface area (Å²) < 4.78 is 0. The summed E-state index contributed by atoms with van der Waals surface area (Å²) >= 11 is 1.26. The highest BCUT2D eigenvalue weighted by Gasteiger charge is 2.15. The van der Waals surface area contributed by atoms with Crippen LogP contribution < -0.4 is 5.73 Å². The molecule has 0 unspecified atom stereocenters.